The standard InChI is InChI=1S/C14H10F4N2O/c15-12-6-3-9(19)7-11(12)13(21)20-10-4-1-8(2-5-10)14(16,17)18/h1-7H,19H2,(H,20,21). The molecular weight excluding hydrogens is 288 g/mol. The third kappa shape index (κ3) is 3.50. The Labute approximate surface area is 117 Å². The van der Waals surface area contributed by atoms with Crippen LogP contribution in [0.4, 0.5) is 28.9 Å². The lowest BCUT2D eigenvalue weighted by Crippen LogP contribution is -2.14. The van der Waals surface area contributed by atoms with Crippen LogP contribution in [-0.4, -0.2) is 5.91 Å². The fourth-order valence-corrected chi connectivity index (χ4v) is 1.66. The van der Waals surface area contributed by atoms with Crippen LogP contribution in [0.25, 0.3) is 0 Å². The molecule has 0 saturated heterocycles. The van der Waals surface area contributed by atoms with E-state index in [-0.39, 0.29) is 16.9 Å². The van der Waals surface area contributed by atoms with Crippen LogP contribution in [0.15, 0.2) is 42.5 Å². The van der Waals surface area contributed by atoms with Gasteiger partial charge in [-0.2, -0.15) is 13.2 Å². The topological polar surface area (TPSA) is 55.1 Å². The number of nitrogens with one attached hydrogen (secondary N) is 1. The number of amides is 1. The van der Waals surface area contributed by atoms with Crippen LogP contribution in [0.1, 0.15) is 15.9 Å². The Balaban J connectivity index is 2.18. The van der Waals surface area contributed by atoms with Crippen molar-refractivity contribution in [1.29, 1.82) is 0 Å². The van der Waals surface area contributed by atoms with Crippen molar-refractivity contribution < 1.29 is 22.4 Å². The van der Waals surface area contributed by atoms with Crippen LogP contribution >= 0.6 is 0 Å². The largest absolute Gasteiger partial charge is 0.416 e. The molecule has 0 fully saturated rings. The summed E-state index contributed by atoms with van der Waals surface area (Å²) in [5.74, 6) is -1.56. The van der Waals surface area contributed by atoms with Crippen LogP contribution < -0.4 is 11.1 Å². The van der Waals surface area contributed by atoms with Gasteiger partial charge in [-0.3, -0.25) is 4.79 Å². The van der Waals surface area contributed by atoms with E-state index in [0.29, 0.717) is 0 Å². The molecule has 0 aliphatic rings. The van der Waals surface area contributed by atoms with E-state index in [1.54, 1.807) is 0 Å². The molecule has 3 nitrogen and oxygen atoms in total. The predicted molar refractivity (Wildman–Crippen MR) is 70.2 cm³/mol. The van der Waals surface area contributed by atoms with Gasteiger partial charge in [0.05, 0.1) is 11.1 Å². The minimum absolute atomic E-state index is 0.120. The molecular formula is C14H10F4N2O. The van der Waals surface area contributed by atoms with Crippen LogP contribution in [0.5, 0.6) is 0 Å². The predicted octanol–water partition coefficient (Wildman–Crippen LogP) is 3.68. The van der Waals surface area contributed by atoms with E-state index in [9.17, 15) is 22.4 Å². The highest BCUT2D eigenvalue weighted by molar-refractivity contribution is 6.04. The van der Waals surface area contributed by atoms with Gasteiger partial charge in [-0.25, -0.2) is 4.39 Å². The Hall–Kier alpha value is -2.57. The molecule has 1 amide bonds. The van der Waals surface area contributed by atoms with Gasteiger partial charge in [-0.1, -0.05) is 0 Å². The minimum Gasteiger partial charge on any atom is -0.399 e. The fourth-order valence-electron chi connectivity index (χ4n) is 1.66. The van der Waals surface area contributed by atoms with Gasteiger partial charge in [-0.15, -0.1) is 0 Å². The molecule has 2 rings (SSSR count). The Morgan fingerprint density at radius 2 is 1.67 bits per heavy atom. The molecule has 0 spiro atoms. The lowest BCUT2D eigenvalue weighted by molar-refractivity contribution is -0.137. The van der Waals surface area contributed by atoms with E-state index in [4.69, 9.17) is 5.73 Å². The van der Waals surface area contributed by atoms with Gasteiger partial charge in [0.15, 0.2) is 0 Å². The number of carbonyl (C=O) groups excluding carboxylic acids is 1. The van der Waals surface area contributed by atoms with Crippen molar-refractivity contribution in [3.63, 3.8) is 0 Å². The van der Waals surface area contributed by atoms with Gasteiger partial charge in [0.1, 0.15) is 5.82 Å². The zero-order valence-corrected chi connectivity index (χ0v) is 10.5. The van der Waals surface area contributed by atoms with Gasteiger partial charge in [0.2, 0.25) is 0 Å². The summed E-state index contributed by atoms with van der Waals surface area (Å²) in [6.07, 6.45) is -4.46. The van der Waals surface area contributed by atoms with Gasteiger partial charge in [-0.05, 0) is 42.5 Å². The number of hydrogen-bond acceptors (Lipinski definition) is 2. The molecule has 0 bridgehead atoms. The number of nitrogen functional groups attached to an aromatic ring is 1. The first-order valence-electron chi connectivity index (χ1n) is 5.81. The number of benzene rings is 2. The molecule has 0 atom stereocenters. The molecule has 0 radical (unpaired) electrons. The van der Waals surface area contributed by atoms with E-state index in [0.717, 1.165) is 36.4 Å². The van der Waals surface area contributed by atoms with Crippen molar-refractivity contribution in [2.75, 3.05) is 11.1 Å². The highest BCUT2D eigenvalue weighted by Crippen LogP contribution is 2.29. The molecule has 110 valence electrons. The molecule has 21 heavy (non-hydrogen) atoms. The number of anilines is 2. The second kappa shape index (κ2) is 5.43. The zero-order chi connectivity index (χ0) is 15.6. The van der Waals surface area contributed by atoms with Crippen molar-refractivity contribution in [3.8, 4) is 0 Å². The summed E-state index contributed by atoms with van der Waals surface area (Å²) < 4.78 is 50.7. The van der Waals surface area contributed by atoms with Gasteiger partial charge in [0, 0.05) is 11.4 Å². The molecule has 0 saturated carbocycles. The van der Waals surface area contributed by atoms with Crippen LogP contribution in [0, 0.1) is 5.82 Å². The summed E-state index contributed by atoms with van der Waals surface area (Å²) in [6, 6.07) is 7.31. The molecule has 0 aliphatic heterocycles. The number of halogens is 4. The third-order valence-corrected chi connectivity index (χ3v) is 2.71. The fraction of sp³-hybridized carbons (Fsp3) is 0.0714. The third-order valence-electron chi connectivity index (χ3n) is 2.71. The molecule has 2 aromatic carbocycles. The SMILES string of the molecule is Nc1ccc(F)c(C(=O)Nc2ccc(C(F)(F)F)cc2)c1. The Morgan fingerprint density at radius 1 is 1.05 bits per heavy atom. The lowest BCUT2D eigenvalue weighted by Gasteiger charge is -2.09. The van der Waals surface area contributed by atoms with Crippen molar-refractivity contribution in [2.24, 2.45) is 0 Å². The smallest absolute Gasteiger partial charge is 0.399 e. The van der Waals surface area contributed by atoms with Crippen molar-refractivity contribution in [3.05, 3.63) is 59.4 Å². The first-order chi connectivity index (χ1) is 9.77. The van der Waals surface area contributed by atoms with Gasteiger partial charge in [0.25, 0.3) is 5.91 Å². The van der Waals surface area contributed by atoms with E-state index in [1.807, 2.05) is 0 Å². The Bertz CT molecular complexity index is 666. The summed E-state index contributed by atoms with van der Waals surface area (Å²) >= 11 is 0. The maximum absolute atomic E-state index is 13.5. The normalized spacial score (nSPS) is 11.2. The monoisotopic (exact) mass is 298 g/mol. The first kappa shape index (κ1) is 14.8. The van der Waals surface area contributed by atoms with E-state index in [1.165, 1.54) is 6.07 Å². The summed E-state index contributed by atoms with van der Waals surface area (Å²) in [5, 5.41) is 2.30. The molecule has 7 heteroatoms. The average molecular weight is 298 g/mol. The molecule has 0 unspecified atom stereocenters. The van der Waals surface area contributed by atoms with Crippen LogP contribution in [-0.2, 0) is 6.18 Å². The zero-order valence-electron chi connectivity index (χ0n) is 10.5. The number of hydrogen-bond donors (Lipinski definition) is 2. The second-order valence-electron chi connectivity index (χ2n) is 4.27. The molecule has 0 aliphatic carbocycles. The van der Waals surface area contributed by atoms with Gasteiger partial charge < -0.3 is 11.1 Å². The van der Waals surface area contributed by atoms with Crippen molar-refractivity contribution >= 4 is 17.3 Å². The van der Waals surface area contributed by atoms with Crippen molar-refractivity contribution in [1.82, 2.24) is 0 Å². The Kier molecular flexibility index (Phi) is 3.84. The molecule has 3 N–H and O–H groups in total. The van der Waals surface area contributed by atoms with Gasteiger partial charge >= 0.3 is 6.18 Å². The maximum Gasteiger partial charge on any atom is 0.416 e. The first-order valence-corrected chi connectivity index (χ1v) is 5.81. The quantitative estimate of drug-likeness (QED) is 0.656. The summed E-state index contributed by atoms with van der Waals surface area (Å²) in [6.45, 7) is 0. The molecule has 0 heterocycles. The highest BCUT2D eigenvalue weighted by atomic mass is 19.4. The lowest BCUT2D eigenvalue weighted by atomic mass is 10.1. The average Bonchev–Trinajstić information content (AvgIpc) is 2.41. The molecule has 0 aromatic heterocycles. The molecule has 2 aromatic rings. The van der Waals surface area contributed by atoms with E-state index in [2.05, 4.69) is 5.32 Å². The number of carbonyl (C=O) groups is 1. The highest BCUT2D eigenvalue weighted by Gasteiger charge is 2.30. The number of rotatable bonds is 2. The second-order valence-corrected chi connectivity index (χ2v) is 4.27. The van der Waals surface area contributed by atoms with E-state index < -0.39 is 23.5 Å². The van der Waals surface area contributed by atoms with E-state index >= 15 is 0 Å². The van der Waals surface area contributed by atoms with Crippen molar-refractivity contribution in [2.45, 2.75) is 6.18 Å². The van der Waals surface area contributed by atoms with Crippen LogP contribution in [0.2, 0.25) is 0 Å². The Morgan fingerprint density at radius 3 is 2.24 bits per heavy atom. The summed E-state index contributed by atoms with van der Waals surface area (Å²) in [4.78, 5) is 11.8. The minimum atomic E-state index is -4.46. The maximum atomic E-state index is 13.5. The number of nitrogens with two attached hydrogens (primary N) is 1. The number of alkyl halides is 3. The van der Waals surface area contributed by atoms with Crippen LogP contribution in [0.3, 0.4) is 0 Å². The summed E-state index contributed by atoms with van der Waals surface area (Å²) in [7, 11) is 0. The summed E-state index contributed by atoms with van der Waals surface area (Å²) in [5.41, 5.74) is 4.66.